The molecule has 2 heterocycles. The van der Waals surface area contributed by atoms with Crippen molar-refractivity contribution < 1.29 is 27.0 Å². The van der Waals surface area contributed by atoms with E-state index in [4.69, 9.17) is 32.5 Å². The third kappa shape index (κ3) is 5.51. The van der Waals surface area contributed by atoms with Gasteiger partial charge in [-0.2, -0.15) is 18.3 Å². The third-order valence-electron chi connectivity index (χ3n) is 4.46. The van der Waals surface area contributed by atoms with E-state index in [-0.39, 0.29) is 17.2 Å². The average Bonchev–Trinajstić information content (AvgIpc) is 3.18. The maximum absolute atomic E-state index is 12.9. The summed E-state index contributed by atoms with van der Waals surface area (Å²) in [5.41, 5.74) is -0.312. The number of carbonyl (C=O) groups excluding carboxylic acids is 1. The van der Waals surface area contributed by atoms with Gasteiger partial charge in [0.05, 0.1) is 5.54 Å². The molecule has 1 unspecified atom stereocenters. The summed E-state index contributed by atoms with van der Waals surface area (Å²) in [6.07, 6.45) is -4.56. The van der Waals surface area contributed by atoms with Gasteiger partial charge in [-0.3, -0.25) is 4.79 Å². The molecule has 7 nitrogen and oxygen atoms in total. The summed E-state index contributed by atoms with van der Waals surface area (Å²) >= 11 is 11.1. The summed E-state index contributed by atoms with van der Waals surface area (Å²) in [6, 6.07) is 6.85. The summed E-state index contributed by atoms with van der Waals surface area (Å²) < 4.78 is 50.0. The molecule has 1 aromatic carbocycles. The SMILES string of the molecule is CCn1nc(-c2ccc(Cl)cc2)nc1C1=C(OP(C)(=S)OCC(F)(F)F)C(C)(C)NC1=O. The molecule has 0 aliphatic carbocycles. The Morgan fingerprint density at radius 1 is 1.28 bits per heavy atom. The normalized spacial score (nSPS) is 17.9. The number of aryl methyl sites for hydroxylation is 1. The number of hydrogen-bond acceptors (Lipinski definition) is 6. The van der Waals surface area contributed by atoms with Crippen LogP contribution in [0.3, 0.4) is 0 Å². The Hall–Kier alpha value is -1.94. The fourth-order valence-corrected chi connectivity index (χ4v) is 4.63. The molecule has 0 spiro atoms. The van der Waals surface area contributed by atoms with Gasteiger partial charge < -0.3 is 14.4 Å². The molecule has 174 valence electrons. The molecule has 0 fully saturated rings. The number of carbonyl (C=O) groups is 1. The van der Waals surface area contributed by atoms with Crippen LogP contribution in [0.25, 0.3) is 17.0 Å². The molecule has 1 aliphatic rings. The molecular weight excluding hydrogens is 488 g/mol. The highest BCUT2D eigenvalue weighted by Crippen LogP contribution is 2.51. The molecule has 32 heavy (non-hydrogen) atoms. The Kier molecular flexibility index (Phi) is 6.77. The Bertz CT molecular complexity index is 1120. The van der Waals surface area contributed by atoms with E-state index >= 15 is 0 Å². The summed E-state index contributed by atoms with van der Waals surface area (Å²) in [5, 5.41) is 7.75. The predicted octanol–water partition coefficient (Wildman–Crippen LogP) is 4.77. The zero-order valence-electron chi connectivity index (χ0n) is 17.7. The molecule has 0 radical (unpaired) electrons. The van der Waals surface area contributed by atoms with Crippen molar-refractivity contribution in [3.8, 4) is 11.4 Å². The first kappa shape index (κ1) is 24.7. The van der Waals surface area contributed by atoms with Crippen LogP contribution in [-0.2, 0) is 32.2 Å². The maximum atomic E-state index is 12.9. The van der Waals surface area contributed by atoms with Crippen LogP contribution in [0.5, 0.6) is 0 Å². The number of benzene rings is 1. The largest absolute Gasteiger partial charge is 0.445 e. The number of hydrogen-bond donors (Lipinski definition) is 1. The predicted molar refractivity (Wildman–Crippen MR) is 119 cm³/mol. The van der Waals surface area contributed by atoms with Crippen molar-refractivity contribution in [3.63, 3.8) is 0 Å². The number of nitrogens with zero attached hydrogens (tertiary/aromatic N) is 3. The topological polar surface area (TPSA) is 78.3 Å². The molecule has 1 amide bonds. The van der Waals surface area contributed by atoms with E-state index in [0.717, 1.165) is 0 Å². The second-order valence-electron chi connectivity index (χ2n) is 7.62. The molecule has 13 heteroatoms. The van der Waals surface area contributed by atoms with Crippen molar-refractivity contribution in [1.82, 2.24) is 20.1 Å². The van der Waals surface area contributed by atoms with E-state index < -0.39 is 30.7 Å². The lowest BCUT2D eigenvalue weighted by atomic mass is 10.0. The van der Waals surface area contributed by atoms with Gasteiger partial charge in [-0.15, -0.1) is 0 Å². The van der Waals surface area contributed by atoms with Crippen molar-refractivity contribution in [3.05, 3.63) is 40.9 Å². The number of aromatic nitrogens is 3. The number of nitrogens with one attached hydrogen (secondary N) is 1. The van der Waals surface area contributed by atoms with Gasteiger partial charge in [0.1, 0.15) is 11.3 Å². The molecule has 1 aliphatic heterocycles. The minimum atomic E-state index is -4.56. The number of alkyl halides is 3. The Labute approximate surface area is 193 Å². The Morgan fingerprint density at radius 3 is 2.47 bits per heavy atom. The summed E-state index contributed by atoms with van der Waals surface area (Å²) in [7, 11) is 0. The highest BCUT2D eigenvalue weighted by Gasteiger charge is 2.44. The maximum Gasteiger partial charge on any atom is 0.412 e. The van der Waals surface area contributed by atoms with Gasteiger partial charge in [0.25, 0.3) is 5.91 Å². The quantitative estimate of drug-likeness (QED) is 0.543. The van der Waals surface area contributed by atoms with E-state index in [2.05, 4.69) is 15.4 Å². The van der Waals surface area contributed by atoms with Crippen LogP contribution in [0.15, 0.2) is 30.0 Å². The monoisotopic (exact) mass is 508 g/mol. The molecule has 0 saturated carbocycles. The first-order valence-electron chi connectivity index (χ1n) is 9.49. The Balaban J connectivity index is 2.07. The zero-order valence-corrected chi connectivity index (χ0v) is 20.1. The van der Waals surface area contributed by atoms with E-state index in [1.165, 1.54) is 11.3 Å². The summed E-state index contributed by atoms with van der Waals surface area (Å²) in [5.74, 6) is 0.134. The highest BCUT2D eigenvalue weighted by atomic mass is 35.5. The molecule has 3 rings (SSSR count). The van der Waals surface area contributed by atoms with Gasteiger partial charge in [-0.1, -0.05) is 11.6 Å². The number of rotatable bonds is 7. The van der Waals surface area contributed by atoms with Crippen molar-refractivity contribution in [1.29, 1.82) is 0 Å². The van der Waals surface area contributed by atoms with Gasteiger partial charge >= 0.3 is 6.18 Å². The van der Waals surface area contributed by atoms with Gasteiger partial charge in [0.15, 0.2) is 18.3 Å². The van der Waals surface area contributed by atoms with Crippen molar-refractivity contribution in [2.24, 2.45) is 0 Å². The second-order valence-corrected chi connectivity index (χ2v) is 12.0. The van der Waals surface area contributed by atoms with Crippen LogP contribution in [-0.4, -0.2) is 45.7 Å². The van der Waals surface area contributed by atoms with Gasteiger partial charge in [0, 0.05) is 23.8 Å². The molecule has 0 bridgehead atoms. The molecule has 0 saturated heterocycles. The summed E-state index contributed by atoms with van der Waals surface area (Å²) in [6.45, 7) is 1.85. The fourth-order valence-electron chi connectivity index (χ4n) is 3.03. The second kappa shape index (κ2) is 8.78. The first-order valence-corrected chi connectivity index (χ1v) is 13.0. The van der Waals surface area contributed by atoms with Crippen molar-refractivity contribution >= 4 is 41.4 Å². The fraction of sp³-hybridized carbons (Fsp3) is 0.421. The van der Waals surface area contributed by atoms with E-state index in [0.29, 0.717) is 23.0 Å². The van der Waals surface area contributed by atoms with Crippen LogP contribution < -0.4 is 5.32 Å². The lowest BCUT2D eigenvalue weighted by Gasteiger charge is -2.27. The minimum absolute atomic E-state index is 0.0521. The van der Waals surface area contributed by atoms with Crippen LogP contribution in [0, 0.1) is 0 Å². The molecule has 1 N–H and O–H groups in total. The number of amides is 1. The van der Waals surface area contributed by atoms with Crippen molar-refractivity contribution in [2.75, 3.05) is 13.3 Å². The molecule has 1 atom stereocenters. The lowest BCUT2D eigenvalue weighted by molar-refractivity contribution is -0.153. The standard InChI is InChI=1S/C19H21ClF3N4O3PS/c1-5-27-16(24-15(26-27)11-6-8-12(20)9-7-11)13-14(18(2,3)25-17(13)28)30-31(4,32)29-10-19(21,22)23/h6-9H,5,10H2,1-4H3,(H,25,28). The average molecular weight is 509 g/mol. The van der Waals surface area contributed by atoms with Gasteiger partial charge in [-0.25, -0.2) is 9.67 Å². The van der Waals surface area contributed by atoms with E-state index in [9.17, 15) is 18.0 Å². The molecule has 2 aromatic rings. The zero-order chi connectivity index (χ0) is 23.9. The van der Waals surface area contributed by atoms with E-state index in [1.807, 2.05) is 6.92 Å². The first-order chi connectivity index (χ1) is 14.7. The van der Waals surface area contributed by atoms with Crippen molar-refractivity contribution in [2.45, 2.75) is 39.0 Å². The van der Waals surface area contributed by atoms with Crippen LogP contribution in [0.2, 0.25) is 5.02 Å². The number of halogens is 4. The van der Waals surface area contributed by atoms with Gasteiger partial charge in [0.2, 0.25) is 6.49 Å². The van der Waals surface area contributed by atoms with E-state index in [1.54, 1.807) is 38.1 Å². The third-order valence-corrected chi connectivity index (χ3v) is 6.37. The highest BCUT2D eigenvalue weighted by molar-refractivity contribution is 8.09. The van der Waals surface area contributed by atoms with Crippen LogP contribution in [0.4, 0.5) is 13.2 Å². The lowest BCUT2D eigenvalue weighted by Crippen LogP contribution is -2.38. The van der Waals surface area contributed by atoms with Crippen LogP contribution >= 0.6 is 18.1 Å². The Morgan fingerprint density at radius 2 is 1.91 bits per heavy atom. The smallest absolute Gasteiger partial charge is 0.412 e. The van der Waals surface area contributed by atoms with Gasteiger partial charge in [-0.05, 0) is 56.8 Å². The van der Waals surface area contributed by atoms with Crippen LogP contribution in [0.1, 0.15) is 26.6 Å². The minimum Gasteiger partial charge on any atom is -0.445 e. The molecular formula is C19H21ClF3N4O3PS. The summed E-state index contributed by atoms with van der Waals surface area (Å²) in [4.78, 5) is 17.4. The molecule has 1 aromatic heterocycles.